The second kappa shape index (κ2) is 8.56. The maximum atomic E-state index is 16.4. The molecule has 0 amide bonds. The molecule has 44 heavy (non-hydrogen) atoms. The van der Waals surface area contributed by atoms with E-state index in [0.717, 1.165) is 71.1 Å². The van der Waals surface area contributed by atoms with E-state index in [1.807, 2.05) is 6.07 Å². The van der Waals surface area contributed by atoms with Crippen LogP contribution in [-0.2, 0) is 15.4 Å². The van der Waals surface area contributed by atoms with Gasteiger partial charge in [0.1, 0.15) is 0 Å². The third-order valence-corrected chi connectivity index (χ3v) is 13.6. The van der Waals surface area contributed by atoms with Gasteiger partial charge in [-0.2, -0.15) is 0 Å². The largest absolute Gasteiger partial charge is 0.309 e. The first-order valence-electron chi connectivity index (χ1n) is 15.4. The third-order valence-electron chi connectivity index (χ3n) is 10.4. The van der Waals surface area contributed by atoms with Crippen LogP contribution in [0.25, 0.3) is 43.7 Å². The molecule has 3 heterocycles. The summed E-state index contributed by atoms with van der Waals surface area (Å²) in [6.07, 6.45) is 0. The zero-order valence-electron chi connectivity index (χ0n) is 25.3. The summed E-state index contributed by atoms with van der Waals surface area (Å²) >= 11 is 0. The van der Waals surface area contributed by atoms with E-state index in [2.05, 4.69) is 143 Å². The van der Waals surface area contributed by atoms with Crippen LogP contribution in [-0.4, -0.2) is 4.98 Å². The first-order valence-corrected chi connectivity index (χ1v) is 17.1. The van der Waals surface area contributed by atoms with Crippen molar-refractivity contribution in [2.75, 3.05) is 0 Å². The van der Waals surface area contributed by atoms with Crippen molar-refractivity contribution in [1.82, 2.24) is 4.98 Å². The highest BCUT2D eigenvalue weighted by atomic mass is 31.2. The van der Waals surface area contributed by atoms with E-state index >= 15 is 4.57 Å². The van der Waals surface area contributed by atoms with Crippen molar-refractivity contribution in [3.05, 3.63) is 144 Å². The Morgan fingerprint density at radius 1 is 0.500 bits per heavy atom. The summed E-state index contributed by atoms with van der Waals surface area (Å²) in [5.74, 6) is 0. The van der Waals surface area contributed by atoms with E-state index in [0.29, 0.717) is 0 Å². The molecule has 0 aliphatic carbocycles. The molecule has 0 saturated heterocycles. The van der Waals surface area contributed by atoms with Crippen LogP contribution >= 0.6 is 7.14 Å². The van der Waals surface area contributed by atoms with Crippen LogP contribution in [0.2, 0.25) is 0 Å². The molecule has 7 aromatic rings. The number of fused-ring (bicyclic) bond motifs is 7. The SMILES string of the molecule is CC1(C)c2cc3ccccc3cc2P2(=O)c3cc4ccccc4cc3C(C)(C)c3cc(-c4ccc5ccccc5n4)cc1c32. The summed E-state index contributed by atoms with van der Waals surface area (Å²) in [5, 5.41) is 8.75. The van der Waals surface area contributed by atoms with Crippen LogP contribution in [0.3, 0.4) is 0 Å². The van der Waals surface area contributed by atoms with Crippen LogP contribution in [0, 0.1) is 0 Å². The number of benzene rings is 6. The minimum Gasteiger partial charge on any atom is -0.309 e. The molecule has 2 aliphatic rings. The van der Waals surface area contributed by atoms with Gasteiger partial charge in [-0.05, 0) is 92.3 Å². The number of rotatable bonds is 1. The van der Waals surface area contributed by atoms with Gasteiger partial charge in [-0.15, -0.1) is 0 Å². The van der Waals surface area contributed by atoms with Gasteiger partial charge in [-0.1, -0.05) is 100 Å². The molecule has 0 radical (unpaired) electrons. The minimum absolute atomic E-state index is 0.366. The average Bonchev–Trinajstić information content (AvgIpc) is 3.05. The standard InChI is InChI=1S/C41H32NOP/c1-40(2)31-19-26-12-5-7-14-28(26)23-37(31)44(43)38-24-29-15-8-6-13-27(29)20-32(38)41(3,4)34-22-30(21-33(40)39(34)44)36-18-17-25-11-9-10-16-35(25)42-36/h5-24H,1-4H3. The van der Waals surface area contributed by atoms with Gasteiger partial charge in [0.15, 0.2) is 7.14 Å². The summed E-state index contributed by atoms with van der Waals surface area (Å²) in [7, 11) is -3.25. The highest BCUT2D eigenvalue weighted by molar-refractivity contribution is 7.86. The lowest BCUT2D eigenvalue weighted by atomic mass is 9.71. The van der Waals surface area contributed by atoms with Crippen LogP contribution < -0.4 is 15.9 Å². The second-order valence-electron chi connectivity index (χ2n) is 13.6. The van der Waals surface area contributed by atoms with Crippen molar-refractivity contribution in [2.24, 2.45) is 0 Å². The molecule has 9 rings (SSSR count). The molecule has 0 fully saturated rings. The molecule has 3 heteroatoms. The molecule has 6 aromatic carbocycles. The smallest absolute Gasteiger partial charge is 0.172 e. The Labute approximate surface area is 257 Å². The van der Waals surface area contributed by atoms with E-state index in [4.69, 9.17) is 4.98 Å². The molecule has 212 valence electrons. The van der Waals surface area contributed by atoms with Crippen molar-refractivity contribution in [2.45, 2.75) is 38.5 Å². The first kappa shape index (κ1) is 25.9. The zero-order chi connectivity index (χ0) is 30.0. The third kappa shape index (κ3) is 3.27. The van der Waals surface area contributed by atoms with Gasteiger partial charge in [0.2, 0.25) is 0 Å². The number of para-hydroxylation sites is 1. The van der Waals surface area contributed by atoms with E-state index in [1.165, 1.54) is 10.8 Å². The topological polar surface area (TPSA) is 30.0 Å². The summed E-state index contributed by atoms with van der Waals surface area (Å²) in [6, 6.07) is 43.2. The number of nitrogens with zero attached hydrogens (tertiary/aromatic N) is 1. The number of hydrogen-bond donors (Lipinski definition) is 0. The molecule has 0 bridgehead atoms. The Kier molecular flexibility index (Phi) is 5.04. The summed E-state index contributed by atoms with van der Waals surface area (Å²) in [6.45, 7) is 9.22. The Balaban J connectivity index is 1.45. The van der Waals surface area contributed by atoms with Gasteiger partial charge in [-0.3, -0.25) is 0 Å². The lowest BCUT2D eigenvalue weighted by molar-refractivity contribution is 0.577. The second-order valence-corrected chi connectivity index (χ2v) is 16.2. The van der Waals surface area contributed by atoms with E-state index < -0.39 is 7.14 Å². The summed E-state index contributed by atoms with van der Waals surface area (Å²) < 4.78 is 16.4. The predicted octanol–water partition coefficient (Wildman–Crippen LogP) is 9.13. The molecule has 0 atom stereocenters. The van der Waals surface area contributed by atoms with Gasteiger partial charge in [0.05, 0.1) is 11.2 Å². The van der Waals surface area contributed by atoms with Gasteiger partial charge >= 0.3 is 0 Å². The first-order chi connectivity index (χ1) is 21.2. The molecule has 0 spiro atoms. The molecule has 2 nitrogen and oxygen atoms in total. The number of aromatic nitrogens is 1. The minimum atomic E-state index is -3.25. The maximum Gasteiger partial charge on any atom is 0.172 e. The van der Waals surface area contributed by atoms with Crippen LogP contribution in [0.5, 0.6) is 0 Å². The van der Waals surface area contributed by atoms with E-state index in [1.54, 1.807) is 0 Å². The lowest BCUT2D eigenvalue weighted by Crippen LogP contribution is -2.50. The molecular formula is C41H32NOP. The maximum absolute atomic E-state index is 16.4. The van der Waals surface area contributed by atoms with Crippen molar-refractivity contribution < 1.29 is 4.57 Å². The zero-order valence-corrected chi connectivity index (χ0v) is 26.2. The molecule has 0 unspecified atom stereocenters. The highest BCUT2D eigenvalue weighted by Crippen LogP contribution is 2.60. The van der Waals surface area contributed by atoms with E-state index in [9.17, 15) is 0 Å². The Bertz CT molecular complexity index is 2310. The van der Waals surface area contributed by atoms with Gasteiger partial charge in [-0.25, -0.2) is 4.98 Å². The van der Waals surface area contributed by atoms with Crippen molar-refractivity contribution >= 4 is 55.5 Å². The van der Waals surface area contributed by atoms with Crippen molar-refractivity contribution in [3.63, 3.8) is 0 Å². The summed E-state index contributed by atoms with van der Waals surface area (Å²) in [4.78, 5) is 5.12. The Hall–Kier alpha value is -4.52. The number of hydrogen-bond acceptors (Lipinski definition) is 2. The fraction of sp³-hybridized carbons (Fsp3) is 0.146. The fourth-order valence-electron chi connectivity index (χ4n) is 7.94. The average molecular weight is 586 g/mol. The predicted molar refractivity (Wildman–Crippen MR) is 186 cm³/mol. The molecule has 2 aliphatic heterocycles. The van der Waals surface area contributed by atoms with Crippen LogP contribution in [0.1, 0.15) is 49.9 Å². The lowest BCUT2D eigenvalue weighted by Gasteiger charge is -2.47. The summed E-state index contributed by atoms with van der Waals surface area (Å²) in [5.41, 5.74) is 6.87. The van der Waals surface area contributed by atoms with Gasteiger partial charge < -0.3 is 4.57 Å². The van der Waals surface area contributed by atoms with Crippen LogP contribution in [0.15, 0.2) is 121 Å². The van der Waals surface area contributed by atoms with E-state index in [-0.39, 0.29) is 10.8 Å². The van der Waals surface area contributed by atoms with Crippen molar-refractivity contribution in [3.8, 4) is 11.3 Å². The highest BCUT2D eigenvalue weighted by Gasteiger charge is 2.53. The molecule has 0 saturated carbocycles. The quantitative estimate of drug-likeness (QED) is 0.180. The fourth-order valence-corrected chi connectivity index (χ4v) is 12.1. The molecule has 1 aromatic heterocycles. The van der Waals surface area contributed by atoms with Crippen molar-refractivity contribution in [1.29, 1.82) is 0 Å². The van der Waals surface area contributed by atoms with Gasteiger partial charge in [0, 0.05) is 37.7 Å². The number of pyridine rings is 1. The Morgan fingerprint density at radius 2 is 0.955 bits per heavy atom. The molecular weight excluding hydrogens is 553 g/mol. The normalized spacial score (nSPS) is 16.8. The van der Waals surface area contributed by atoms with Crippen LogP contribution in [0.4, 0.5) is 0 Å². The van der Waals surface area contributed by atoms with Gasteiger partial charge in [0.25, 0.3) is 0 Å². The molecule has 0 N–H and O–H groups in total. The monoisotopic (exact) mass is 585 g/mol. The Morgan fingerprint density at radius 3 is 1.48 bits per heavy atom.